The second-order valence-corrected chi connectivity index (χ2v) is 8.76. The summed E-state index contributed by atoms with van der Waals surface area (Å²) in [5.41, 5.74) is -6.76. The maximum atomic E-state index is 14.7. The summed E-state index contributed by atoms with van der Waals surface area (Å²) in [6.45, 7) is 0. The highest BCUT2D eigenvalue weighted by molar-refractivity contribution is 9.11. The molecule has 0 nitrogen and oxygen atoms in total. The fourth-order valence-corrected chi connectivity index (χ4v) is 4.10. The Kier molecular flexibility index (Phi) is 7.40. The van der Waals surface area contributed by atoms with E-state index < -0.39 is 106 Å². The fourth-order valence-electron chi connectivity index (χ4n) is 3.06. The largest absolute Gasteiger partial charge is 0.203 e. The van der Waals surface area contributed by atoms with Gasteiger partial charge in [-0.15, -0.1) is 0 Å². The highest BCUT2D eigenvalue weighted by Crippen LogP contribution is 2.46. The van der Waals surface area contributed by atoms with Crippen LogP contribution in [0.4, 0.5) is 52.7 Å². The minimum absolute atomic E-state index is 1.52. The second-order valence-electron chi connectivity index (χ2n) is 6.38. The number of hydrogen-bond donors (Lipinski definition) is 0. The van der Waals surface area contributed by atoms with Crippen molar-refractivity contribution in [2.75, 3.05) is 0 Å². The Bertz CT molecular complexity index is 1120. The van der Waals surface area contributed by atoms with Crippen LogP contribution in [0.15, 0.2) is 13.4 Å². The smallest absolute Gasteiger partial charge is 0.176 e. The van der Waals surface area contributed by atoms with Gasteiger partial charge in [-0.05, 0) is 47.8 Å². The van der Waals surface area contributed by atoms with E-state index in [9.17, 15) is 52.7 Å². The topological polar surface area (TPSA) is 0 Å². The van der Waals surface area contributed by atoms with Crippen LogP contribution in [0, 0.1) is 69.8 Å². The van der Waals surface area contributed by atoms with Crippen molar-refractivity contribution in [1.82, 2.24) is 0 Å². The van der Waals surface area contributed by atoms with Gasteiger partial charge in [-0.1, -0.05) is 0 Å². The predicted octanol–water partition coefficient (Wildman–Crippen LogP) is 8.82. The van der Waals surface area contributed by atoms with Crippen molar-refractivity contribution in [2.45, 2.75) is 5.92 Å². The lowest BCUT2D eigenvalue weighted by Gasteiger charge is -2.24. The van der Waals surface area contributed by atoms with E-state index in [0.29, 0.717) is 0 Å². The quantitative estimate of drug-likeness (QED) is 0.111. The molecular formula is C19HBr3F12. The monoisotopic (exact) mass is 694 g/mol. The molecule has 3 aromatic rings. The van der Waals surface area contributed by atoms with Crippen LogP contribution in [0.3, 0.4) is 0 Å². The Hall–Kier alpha value is -1.74. The first-order valence-corrected chi connectivity index (χ1v) is 10.6. The zero-order valence-corrected chi connectivity index (χ0v) is 20.0. The van der Waals surface area contributed by atoms with Crippen LogP contribution in [0.5, 0.6) is 0 Å². The van der Waals surface area contributed by atoms with Crippen molar-refractivity contribution in [3.8, 4) is 0 Å². The van der Waals surface area contributed by atoms with Gasteiger partial charge < -0.3 is 0 Å². The van der Waals surface area contributed by atoms with E-state index in [0.717, 1.165) is 0 Å². The van der Waals surface area contributed by atoms with E-state index >= 15 is 0 Å². The molecule has 0 spiro atoms. The third kappa shape index (κ3) is 3.83. The molecular weight excluding hydrogens is 696 g/mol. The Balaban J connectivity index is 2.68. The molecule has 0 aliphatic rings. The molecule has 3 rings (SSSR count). The van der Waals surface area contributed by atoms with Crippen LogP contribution in [-0.2, 0) is 0 Å². The normalized spacial score (nSPS) is 11.6. The van der Waals surface area contributed by atoms with Gasteiger partial charge in [-0.3, -0.25) is 0 Å². The molecule has 3 aromatic carbocycles. The molecule has 0 aliphatic heterocycles. The zero-order valence-electron chi connectivity index (χ0n) is 15.2. The van der Waals surface area contributed by atoms with Gasteiger partial charge in [0.25, 0.3) is 0 Å². The van der Waals surface area contributed by atoms with Crippen LogP contribution in [0.2, 0.25) is 0 Å². The van der Waals surface area contributed by atoms with Crippen LogP contribution in [0.25, 0.3) is 0 Å². The Morgan fingerprint density at radius 3 is 0.588 bits per heavy atom. The minimum Gasteiger partial charge on any atom is -0.203 e. The average molecular weight is 697 g/mol. The molecule has 0 unspecified atom stereocenters. The van der Waals surface area contributed by atoms with Gasteiger partial charge in [0.2, 0.25) is 0 Å². The summed E-state index contributed by atoms with van der Waals surface area (Å²) in [5, 5.41) is 0. The number of benzene rings is 3. The summed E-state index contributed by atoms with van der Waals surface area (Å²) in [6.07, 6.45) is 0. The SMILES string of the molecule is Fc1c(F)c(C(c2c(F)c(F)c(Br)c(F)c2F)c2c(F)c(F)c(Br)c(F)c2F)c(F)c(F)c1Br. The third-order valence-corrected chi connectivity index (χ3v) is 6.69. The molecule has 0 fully saturated rings. The molecule has 0 atom stereocenters. The molecule has 0 N–H and O–H groups in total. The molecule has 0 heterocycles. The number of halogens is 15. The van der Waals surface area contributed by atoms with Crippen molar-refractivity contribution in [3.05, 3.63) is 99.9 Å². The van der Waals surface area contributed by atoms with Crippen LogP contribution in [-0.4, -0.2) is 0 Å². The lowest BCUT2D eigenvalue weighted by Crippen LogP contribution is -2.21. The molecule has 0 saturated heterocycles. The molecule has 34 heavy (non-hydrogen) atoms. The maximum absolute atomic E-state index is 14.7. The van der Waals surface area contributed by atoms with Crippen LogP contribution < -0.4 is 0 Å². The van der Waals surface area contributed by atoms with E-state index in [1.807, 2.05) is 0 Å². The first-order valence-electron chi connectivity index (χ1n) is 8.20. The molecule has 0 aromatic heterocycles. The van der Waals surface area contributed by atoms with Crippen molar-refractivity contribution < 1.29 is 52.7 Å². The lowest BCUT2D eigenvalue weighted by molar-refractivity contribution is 0.396. The van der Waals surface area contributed by atoms with Gasteiger partial charge in [0.05, 0.1) is 19.3 Å². The van der Waals surface area contributed by atoms with Gasteiger partial charge in [0.15, 0.2) is 69.8 Å². The molecule has 0 bridgehead atoms. The van der Waals surface area contributed by atoms with Crippen LogP contribution >= 0.6 is 47.8 Å². The minimum atomic E-state index is -3.52. The second kappa shape index (κ2) is 9.37. The molecule has 15 heteroatoms. The number of hydrogen-bond acceptors (Lipinski definition) is 0. The third-order valence-electron chi connectivity index (χ3n) is 4.60. The van der Waals surface area contributed by atoms with E-state index in [1.165, 1.54) is 0 Å². The first kappa shape index (κ1) is 26.9. The van der Waals surface area contributed by atoms with Crippen molar-refractivity contribution in [2.24, 2.45) is 0 Å². The summed E-state index contributed by atoms with van der Waals surface area (Å²) >= 11 is 6.36. The Morgan fingerprint density at radius 1 is 0.294 bits per heavy atom. The summed E-state index contributed by atoms with van der Waals surface area (Å²) < 4.78 is 169. The predicted molar refractivity (Wildman–Crippen MR) is 103 cm³/mol. The Morgan fingerprint density at radius 2 is 0.441 bits per heavy atom. The summed E-state index contributed by atoms with van der Waals surface area (Å²) in [6, 6.07) is 0. The Labute approximate surface area is 205 Å². The van der Waals surface area contributed by atoms with Crippen LogP contribution in [0.1, 0.15) is 22.6 Å². The standard InChI is InChI=1S/C19HBr3F12/c20-5-14(29)8(23)2(9(24)15(5)30)1(3-10(25)16(31)6(21)17(32)11(3)26)4-12(27)18(33)7(22)19(34)13(4)28/h1H. The number of rotatable bonds is 3. The average Bonchev–Trinajstić information content (AvgIpc) is 2.81. The van der Waals surface area contributed by atoms with E-state index in [1.54, 1.807) is 0 Å². The first-order chi connectivity index (χ1) is 15.7. The maximum Gasteiger partial charge on any atom is 0.176 e. The molecule has 0 saturated carbocycles. The lowest BCUT2D eigenvalue weighted by atomic mass is 9.82. The summed E-state index contributed by atoms with van der Waals surface area (Å²) in [4.78, 5) is 0. The molecule has 0 radical (unpaired) electrons. The van der Waals surface area contributed by atoms with Gasteiger partial charge in [-0.25, -0.2) is 52.7 Å². The van der Waals surface area contributed by atoms with Gasteiger partial charge >= 0.3 is 0 Å². The highest BCUT2D eigenvalue weighted by Gasteiger charge is 2.41. The van der Waals surface area contributed by atoms with E-state index in [4.69, 9.17) is 0 Å². The van der Waals surface area contributed by atoms with Crippen molar-refractivity contribution >= 4 is 47.8 Å². The van der Waals surface area contributed by atoms with Gasteiger partial charge in [-0.2, -0.15) is 0 Å². The van der Waals surface area contributed by atoms with Crippen molar-refractivity contribution in [1.29, 1.82) is 0 Å². The van der Waals surface area contributed by atoms with Crippen molar-refractivity contribution in [3.63, 3.8) is 0 Å². The van der Waals surface area contributed by atoms with Gasteiger partial charge in [0.1, 0.15) is 0 Å². The summed E-state index contributed by atoms with van der Waals surface area (Å²) in [5.74, 6) is -32.7. The fraction of sp³-hybridized carbons (Fsp3) is 0.0526. The molecule has 182 valence electrons. The highest BCUT2D eigenvalue weighted by atomic mass is 79.9. The molecule has 0 amide bonds. The van der Waals surface area contributed by atoms with E-state index in [2.05, 4.69) is 47.8 Å². The summed E-state index contributed by atoms with van der Waals surface area (Å²) in [7, 11) is 0. The zero-order chi connectivity index (χ0) is 26.0. The molecule has 0 aliphatic carbocycles. The van der Waals surface area contributed by atoms with E-state index in [-0.39, 0.29) is 0 Å². The van der Waals surface area contributed by atoms with Gasteiger partial charge in [0, 0.05) is 16.7 Å².